The Kier molecular flexibility index (Phi) is 4.95. The molecule has 0 saturated carbocycles. The maximum absolute atomic E-state index is 4.42. The summed E-state index contributed by atoms with van der Waals surface area (Å²) in [6.45, 7) is 9.06. The van der Waals surface area contributed by atoms with Gasteiger partial charge in [-0.2, -0.15) is 0 Å². The van der Waals surface area contributed by atoms with Crippen LogP contribution in [0.15, 0.2) is 41.2 Å². The van der Waals surface area contributed by atoms with Crippen LogP contribution in [0.1, 0.15) is 57.5 Å². The Balaban J connectivity index is 2.15. The average molecular weight is 288 g/mol. The van der Waals surface area contributed by atoms with Gasteiger partial charge in [0, 0.05) is 17.5 Å². The minimum absolute atomic E-state index is 0.272. The summed E-state index contributed by atoms with van der Waals surface area (Å²) < 4.78 is 0. The van der Waals surface area contributed by atoms with Crippen molar-refractivity contribution in [2.45, 2.75) is 46.2 Å². The molecule has 3 heteroatoms. The number of hydrogen-bond acceptors (Lipinski definition) is 3. The van der Waals surface area contributed by atoms with Gasteiger partial charge in [-0.05, 0) is 24.3 Å². The lowest BCUT2D eigenvalue weighted by Gasteiger charge is -2.29. The molecule has 2 nitrogen and oxygen atoms in total. The first-order valence-corrected chi connectivity index (χ1v) is 8.09. The van der Waals surface area contributed by atoms with E-state index in [1.165, 1.54) is 5.56 Å². The van der Waals surface area contributed by atoms with Gasteiger partial charge in [0.25, 0.3) is 0 Å². The second-order valence-corrected chi connectivity index (χ2v) is 7.25. The molecule has 0 fully saturated rings. The summed E-state index contributed by atoms with van der Waals surface area (Å²) in [4.78, 5) is 4.42. The fourth-order valence-corrected chi connectivity index (χ4v) is 3.04. The molecule has 0 aliphatic heterocycles. The monoisotopic (exact) mass is 288 g/mol. The second-order valence-electron chi connectivity index (χ2n) is 6.53. The first kappa shape index (κ1) is 15.2. The molecular formula is C17H24N2S. The standard InChI is InChI=1S/C17H24N2S/c1-13(16-11-20-12-18-16)19-15(10-17(2,3)4)14-8-6-5-7-9-14/h5-9,11-13,15,19H,10H2,1-4H3. The lowest BCUT2D eigenvalue weighted by molar-refractivity contribution is 0.296. The van der Waals surface area contributed by atoms with E-state index in [1.54, 1.807) is 11.3 Å². The Morgan fingerprint density at radius 1 is 1.20 bits per heavy atom. The highest BCUT2D eigenvalue weighted by Gasteiger charge is 2.22. The van der Waals surface area contributed by atoms with Crippen molar-refractivity contribution in [2.24, 2.45) is 5.41 Å². The Morgan fingerprint density at radius 3 is 2.45 bits per heavy atom. The molecule has 1 heterocycles. The largest absolute Gasteiger partial charge is 0.302 e. The van der Waals surface area contributed by atoms with Gasteiger partial charge in [0.15, 0.2) is 0 Å². The SMILES string of the molecule is CC(NC(CC(C)(C)C)c1ccccc1)c1cscn1. The van der Waals surface area contributed by atoms with Crippen LogP contribution >= 0.6 is 11.3 Å². The van der Waals surface area contributed by atoms with Gasteiger partial charge in [0.1, 0.15) is 0 Å². The van der Waals surface area contributed by atoms with Crippen LogP contribution in [0, 0.1) is 5.41 Å². The maximum Gasteiger partial charge on any atom is 0.0795 e. The van der Waals surface area contributed by atoms with Gasteiger partial charge in [0.2, 0.25) is 0 Å². The first-order valence-electron chi connectivity index (χ1n) is 7.15. The van der Waals surface area contributed by atoms with E-state index in [0.717, 1.165) is 12.1 Å². The van der Waals surface area contributed by atoms with E-state index < -0.39 is 0 Å². The van der Waals surface area contributed by atoms with Crippen LogP contribution in [0.4, 0.5) is 0 Å². The van der Waals surface area contributed by atoms with Gasteiger partial charge < -0.3 is 5.32 Å². The molecule has 2 aromatic rings. The lowest BCUT2D eigenvalue weighted by Crippen LogP contribution is -2.28. The van der Waals surface area contributed by atoms with Gasteiger partial charge in [-0.3, -0.25) is 0 Å². The van der Waals surface area contributed by atoms with E-state index in [0.29, 0.717) is 6.04 Å². The summed E-state index contributed by atoms with van der Waals surface area (Å²) in [5, 5.41) is 5.86. The van der Waals surface area contributed by atoms with Crippen LogP contribution < -0.4 is 5.32 Å². The van der Waals surface area contributed by atoms with Gasteiger partial charge in [0.05, 0.1) is 11.2 Å². The maximum atomic E-state index is 4.42. The van der Waals surface area contributed by atoms with Crippen LogP contribution in [-0.4, -0.2) is 4.98 Å². The molecule has 1 aromatic heterocycles. The van der Waals surface area contributed by atoms with E-state index in [1.807, 2.05) is 5.51 Å². The summed E-state index contributed by atoms with van der Waals surface area (Å²) in [6.07, 6.45) is 1.10. The van der Waals surface area contributed by atoms with Crippen LogP contribution in [0.2, 0.25) is 0 Å². The minimum Gasteiger partial charge on any atom is -0.302 e. The molecule has 0 spiro atoms. The molecule has 0 aliphatic rings. The van der Waals surface area contributed by atoms with E-state index in [9.17, 15) is 0 Å². The van der Waals surface area contributed by atoms with E-state index in [2.05, 4.69) is 73.7 Å². The van der Waals surface area contributed by atoms with Crippen molar-refractivity contribution < 1.29 is 0 Å². The number of benzene rings is 1. The van der Waals surface area contributed by atoms with Crippen LogP contribution in [0.5, 0.6) is 0 Å². The normalized spacial score (nSPS) is 15.0. The summed E-state index contributed by atoms with van der Waals surface area (Å²) >= 11 is 1.65. The van der Waals surface area contributed by atoms with Crippen molar-refractivity contribution in [3.63, 3.8) is 0 Å². The molecule has 108 valence electrons. The Morgan fingerprint density at radius 2 is 1.90 bits per heavy atom. The van der Waals surface area contributed by atoms with Crippen molar-refractivity contribution in [3.8, 4) is 0 Å². The van der Waals surface area contributed by atoms with Crippen LogP contribution in [0.3, 0.4) is 0 Å². The Hall–Kier alpha value is -1.19. The Bertz CT molecular complexity index is 500. The molecule has 1 N–H and O–H groups in total. The van der Waals surface area contributed by atoms with Crippen LogP contribution in [0.25, 0.3) is 0 Å². The van der Waals surface area contributed by atoms with Crippen LogP contribution in [-0.2, 0) is 0 Å². The van der Waals surface area contributed by atoms with Crippen molar-refractivity contribution in [2.75, 3.05) is 0 Å². The predicted octanol–water partition coefficient (Wildman–Crippen LogP) is 4.97. The average Bonchev–Trinajstić information content (AvgIpc) is 2.91. The third-order valence-electron chi connectivity index (χ3n) is 3.36. The van der Waals surface area contributed by atoms with Gasteiger partial charge in [-0.1, -0.05) is 51.1 Å². The molecule has 0 amide bonds. The number of nitrogens with zero attached hydrogens (tertiary/aromatic N) is 1. The van der Waals surface area contributed by atoms with Crippen molar-refractivity contribution in [1.29, 1.82) is 0 Å². The second kappa shape index (κ2) is 6.51. The van der Waals surface area contributed by atoms with Crippen molar-refractivity contribution in [3.05, 3.63) is 52.5 Å². The molecule has 0 saturated heterocycles. The number of hydrogen-bond donors (Lipinski definition) is 1. The summed E-state index contributed by atoms with van der Waals surface area (Å²) in [5.74, 6) is 0. The quantitative estimate of drug-likeness (QED) is 0.840. The molecule has 2 unspecified atom stereocenters. The van der Waals surface area contributed by atoms with Gasteiger partial charge >= 0.3 is 0 Å². The molecule has 0 aliphatic carbocycles. The zero-order chi connectivity index (χ0) is 14.6. The molecular weight excluding hydrogens is 264 g/mol. The smallest absolute Gasteiger partial charge is 0.0795 e. The minimum atomic E-state index is 0.272. The third-order valence-corrected chi connectivity index (χ3v) is 3.97. The molecule has 0 bridgehead atoms. The fourth-order valence-electron chi connectivity index (χ4n) is 2.39. The first-order chi connectivity index (χ1) is 9.46. The highest BCUT2D eigenvalue weighted by Crippen LogP contribution is 2.31. The van der Waals surface area contributed by atoms with Gasteiger partial charge in [-0.15, -0.1) is 11.3 Å². The van der Waals surface area contributed by atoms with E-state index in [4.69, 9.17) is 0 Å². The third kappa shape index (κ3) is 4.43. The fraction of sp³-hybridized carbons (Fsp3) is 0.471. The molecule has 1 aromatic carbocycles. The van der Waals surface area contributed by atoms with E-state index in [-0.39, 0.29) is 11.5 Å². The molecule has 2 rings (SSSR count). The highest BCUT2D eigenvalue weighted by molar-refractivity contribution is 7.07. The number of rotatable bonds is 5. The topological polar surface area (TPSA) is 24.9 Å². The van der Waals surface area contributed by atoms with Crippen molar-refractivity contribution >= 4 is 11.3 Å². The Labute approximate surface area is 126 Å². The van der Waals surface area contributed by atoms with Crippen molar-refractivity contribution in [1.82, 2.24) is 10.3 Å². The zero-order valence-corrected chi connectivity index (χ0v) is 13.6. The molecule has 0 radical (unpaired) electrons. The summed E-state index contributed by atoms with van der Waals surface area (Å²) in [7, 11) is 0. The number of nitrogens with one attached hydrogen (secondary N) is 1. The molecule has 20 heavy (non-hydrogen) atoms. The highest BCUT2D eigenvalue weighted by atomic mass is 32.1. The lowest BCUT2D eigenvalue weighted by atomic mass is 9.85. The summed E-state index contributed by atoms with van der Waals surface area (Å²) in [6, 6.07) is 11.3. The number of thiazole rings is 1. The van der Waals surface area contributed by atoms with Gasteiger partial charge in [-0.25, -0.2) is 4.98 Å². The zero-order valence-electron chi connectivity index (χ0n) is 12.8. The van der Waals surface area contributed by atoms with E-state index >= 15 is 0 Å². The summed E-state index contributed by atoms with van der Waals surface area (Å²) in [5.41, 5.74) is 4.67. The number of aromatic nitrogens is 1. The predicted molar refractivity (Wildman–Crippen MR) is 86.9 cm³/mol. The molecule has 2 atom stereocenters.